The quantitative estimate of drug-likeness (QED) is 0.920. The third-order valence-electron chi connectivity index (χ3n) is 3.57. The zero-order valence-electron chi connectivity index (χ0n) is 10.8. The standard InChI is InChI=1S/C14H16F3NO2/c15-14(16,17)12(19)11-7-9-18(13(11)20)8-6-10-4-2-1-3-5-10/h1-5,11-12,19H,6-9H2. The van der Waals surface area contributed by atoms with Gasteiger partial charge in [0.15, 0.2) is 6.10 Å². The van der Waals surface area contributed by atoms with Gasteiger partial charge in [0, 0.05) is 13.1 Å². The fourth-order valence-electron chi connectivity index (χ4n) is 2.41. The molecule has 2 rings (SSSR count). The highest BCUT2D eigenvalue weighted by Gasteiger charge is 2.49. The summed E-state index contributed by atoms with van der Waals surface area (Å²) in [6.07, 6.45) is -6.65. The average Bonchev–Trinajstić information content (AvgIpc) is 2.77. The molecule has 2 unspecified atom stereocenters. The molecule has 0 spiro atoms. The van der Waals surface area contributed by atoms with E-state index >= 15 is 0 Å². The van der Waals surface area contributed by atoms with Gasteiger partial charge in [-0.3, -0.25) is 4.79 Å². The summed E-state index contributed by atoms with van der Waals surface area (Å²) in [5.41, 5.74) is 1.03. The molecule has 1 amide bonds. The Morgan fingerprint density at radius 3 is 2.55 bits per heavy atom. The van der Waals surface area contributed by atoms with Crippen LogP contribution in [0.15, 0.2) is 30.3 Å². The van der Waals surface area contributed by atoms with Crippen molar-refractivity contribution < 1.29 is 23.1 Å². The largest absolute Gasteiger partial charge is 0.415 e. The fourth-order valence-corrected chi connectivity index (χ4v) is 2.41. The maximum atomic E-state index is 12.4. The Kier molecular flexibility index (Phi) is 4.32. The lowest BCUT2D eigenvalue weighted by molar-refractivity contribution is -0.218. The van der Waals surface area contributed by atoms with E-state index in [1.54, 1.807) is 0 Å². The van der Waals surface area contributed by atoms with Crippen LogP contribution in [0.25, 0.3) is 0 Å². The van der Waals surface area contributed by atoms with Gasteiger partial charge in [0.1, 0.15) is 0 Å². The number of hydrogen-bond acceptors (Lipinski definition) is 2. The van der Waals surface area contributed by atoms with Gasteiger partial charge in [-0.15, -0.1) is 0 Å². The maximum absolute atomic E-state index is 12.4. The molecular weight excluding hydrogens is 271 g/mol. The van der Waals surface area contributed by atoms with E-state index in [2.05, 4.69) is 0 Å². The maximum Gasteiger partial charge on any atom is 0.415 e. The molecule has 20 heavy (non-hydrogen) atoms. The minimum absolute atomic E-state index is 0.0499. The second kappa shape index (κ2) is 5.83. The van der Waals surface area contributed by atoms with Gasteiger partial charge in [-0.1, -0.05) is 30.3 Å². The molecule has 1 fully saturated rings. The Labute approximate surface area is 115 Å². The molecule has 1 aliphatic rings. The molecule has 1 heterocycles. The summed E-state index contributed by atoms with van der Waals surface area (Å²) >= 11 is 0. The highest BCUT2D eigenvalue weighted by atomic mass is 19.4. The molecule has 1 aromatic carbocycles. The Balaban J connectivity index is 1.91. The fraction of sp³-hybridized carbons (Fsp3) is 0.500. The van der Waals surface area contributed by atoms with Gasteiger partial charge in [-0.05, 0) is 18.4 Å². The molecule has 2 atom stereocenters. The van der Waals surface area contributed by atoms with Crippen molar-refractivity contribution in [1.29, 1.82) is 0 Å². The van der Waals surface area contributed by atoms with Crippen LogP contribution >= 0.6 is 0 Å². The summed E-state index contributed by atoms with van der Waals surface area (Å²) in [5.74, 6) is -1.96. The second-order valence-corrected chi connectivity index (χ2v) is 4.94. The molecule has 0 aliphatic carbocycles. The lowest BCUT2D eigenvalue weighted by Gasteiger charge is -2.21. The normalized spacial score (nSPS) is 21.3. The third kappa shape index (κ3) is 3.30. The lowest BCUT2D eigenvalue weighted by atomic mass is 10.0. The minimum atomic E-state index is -4.74. The van der Waals surface area contributed by atoms with Crippen molar-refractivity contribution in [2.24, 2.45) is 5.92 Å². The van der Waals surface area contributed by atoms with Gasteiger partial charge < -0.3 is 10.0 Å². The van der Waals surface area contributed by atoms with Crippen LogP contribution in [0.1, 0.15) is 12.0 Å². The van der Waals surface area contributed by atoms with E-state index in [-0.39, 0.29) is 13.0 Å². The summed E-state index contributed by atoms with van der Waals surface area (Å²) in [7, 11) is 0. The number of hydrogen-bond donors (Lipinski definition) is 1. The van der Waals surface area contributed by atoms with Crippen molar-refractivity contribution >= 4 is 5.91 Å². The van der Waals surface area contributed by atoms with Crippen molar-refractivity contribution in [2.75, 3.05) is 13.1 Å². The first-order valence-corrected chi connectivity index (χ1v) is 6.47. The van der Waals surface area contributed by atoms with Crippen LogP contribution in [0.4, 0.5) is 13.2 Å². The topological polar surface area (TPSA) is 40.5 Å². The van der Waals surface area contributed by atoms with Crippen LogP contribution in [-0.2, 0) is 11.2 Å². The molecule has 0 radical (unpaired) electrons. The number of aliphatic hydroxyl groups excluding tert-OH is 1. The van der Waals surface area contributed by atoms with E-state index < -0.39 is 24.1 Å². The average molecular weight is 287 g/mol. The van der Waals surface area contributed by atoms with Crippen molar-refractivity contribution in [1.82, 2.24) is 4.90 Å². The number of amides is 1. The molecule has 1 saturated heterocycles. The predicted molar refractivity (Wildman–Crippen MR) is 66.9 cm³/mol. The zero-order valence-corrected chi connectivity index (χ0v) is 10.8. The van der Waals surface area contributed by atoms with Gasteiger partial charge in [-0.2, -0.15) is 13.2 Å². The number of alkyl halides is 3. The zero-order chi connectivity index (χ0) is 14.8. The minimum Gasteiger partial charge on any atom is -0.383 e. The van der Waals surface area contributed by atoms with E-state index in [4.69, 9.17) is 0 Å². The number of likely N-dealkylation sites (tertiary alicyclic amines) is 1. The lowest BCUT2D eigenvalue weighted by Crippen LogP contribution is -2.41. The molecule has 0 saturated carbocycles. The third-order valence-corrected chi connectivity index (χ3v) is 3.57. The van der Waals surface area contributed by atoms with Crippen LogP contribution in [0, 0.1) is 5.92 Å². The Morgan fingerprint density at radius 1 is 1.30 bits per heavy atom. The second-order valence-electron chi connectivity index (χ2n) is 4.94. The monoisotopic (exact) mass is 287 g/mol. The van der Waals surface area contributed by atoms with Crippen LogP contribution < -0.4 is 0 Å². The highest BCUT2D eigenvalue weighted by molar-refractivity contribution is 5.81. The number of nitrogens with zero attached hydrogens (tertiary/aromatic N) is 1. The van der Waals surface area contributed by atoms with Crippen LogP contribution in [0.5, 0.6) is 0 Å². The molecule has 1 aromatic rings. The molecular formula is C14H16F3NO2. The number of halogens is 3. The smallest absolute Gasteiger partial charge is 0.383 e. The van der Waals surface area contributed by atoms with Crippen LogP contribution in [0.2, 0.25) is 0 Å². The van der Waals surface area contributed by atoms with E-state index in [9.17, 15) is 23.1 Å². The molecule has 0 bridgehead atoms. The van der Waals surface area contributed by atoms with E-state index in [1.165, 1.54) is 4.90 Å². The Bertz CT molecular complexity index is 461. The van der Waals surface area contributed by atoms with Gasteiger partial charge in [0.25, 0.3) is 0 Å². The molecule has 1 N–H and O–H groups in total. The first-order chi connectivity index (χ1) is 9.39. The summed E-state index contributed by atoms with van der Waals surface area (Å²) in [6, 6.07) is 9.43. The molecule has 3 nitrogen and oxygen atoms in total. The van der Waals surface area contributed by atoms with Crippen molar-refractivity contribution in [2.45, 2.75) is 25.1 Å². The summed E-state index contributed by atoms with van der Waals surface area (Å²) in [5, 5.41) is 9.19. The van der Waals surface area contributed by atoms with Gasteiger partial charge >= 0.3 is 6.18 Å². The van der Waals surface area contributed by atoms with Crippen LogP contribution in [-0.4, -0.2) is 41.3 Å². The summed E-state index contributed by atoms with van der Waals surface area (Å²) in [4.78, 5) is 13.3. The van der Waals surface area contributed by atoms with E-state index in [1.807, 2.05) is 30.3 Å². The SMILES string of the molecule is O=C1C(C(O)C(F)(F)F)CCN1CCc1ccccc1. The molecule has 1 aliphatic heterocycles. The number of benzene rings is 1. The summed E-state index contributed by atoms with van der Waals surface area (Å²) in [6.45, 7) is 0.646. The Morgan fingerprint density at radius 2 is 1.95 bits per heavy atom. The van der Waals surface area contributed by atoms with E-state index in [0.29, 0.717) is 13.0 Å². The number of carbonyl (C=O) groups is 1. The molecule has 0 aromatic heterocycles. The van der Waals surface area contributed by atoms with E-state index in [0.717, 1.165) is 5.56 Å². The predicted octanol–water partition coefficient (Wildman–Crippen LogP) is 2.00. The first-order valence-electron chi connectivity index (χ1n) is 6.47. The number of rotatable bonds is 4. The van der Waals surface area contributed by atoms with Crippen LogP contribution in [0.3, 0.4) is 0 Å². The van der Waals surface area contributed by atoms with Gasteiger partial charge in [0.05, 0.1) is 5.92 Å². The summed E-state index contributed by atoms with van der Waals surface area (Å²) < 4.78 is 37.3. The van der Waals surface area contributed by atoms with Crippen molar-refractivity contribution in [3.8, 4) is 0 Å². The van der Waals surface area contributed by atoms with Crippen molar-refractivity contribution in [3.05, 3.63) is 35.9 Å². The number of aliphatic hydroxyl groups is 1. The first kappa shape index (κ1) is 14.8. The molecule has 110 valence electrons. The molecule has 6 heteroatoms. The Hall–Kier alpha value is -1.56. The van der Waals surface area contributed by atoms with Gasteiger partial charge in [0.2, 0.25) is 5.91 Å². The highest BCUT2D eigenvalue weighted by Crippen LogP contribution is 2.31. The van der Waals surface area contributed by atoms with Crippen molar-refractivity contribution in [3.63, 3.8) is 0 Å². The number of carbonyl (C=O) groups excluding carboxylic acids is 1. The van der Waals surface area contributed by atoms with Gasteiger partial charge in [-0.25, -0.2) is 0 Å².